The molecule has 1 saturated carbocycles. The van der Waals surface area contributed by atoms with Crippen molar-refractivity contribution in [2.45, 2.75) is 32.1 Å². The van der Waals surface area contributed by atoms with Gasteiger partial charge < -0.3 is 10.6 Å². The second kappa shape index (κ2) is 7.36. The number of thiophene rings is 1. The number of rotatable bonds is 6. The first-order chi connectivity index (χ1) is 11.6. The molecule has 0 bridgehead atoms. The molecule has 0 aliphatic heterocycles. The fraction of sp³-hybridized carbons (Fsp3) is 0.333. The maximum absolute atomic E-state index is 12.5. The molecule has 0 radical (unpaired) electrons. The Kier molecular flexibility index (Phi) is 5.21. The molecule has 0 spiro atoms. The van der Waals surface area contributed by atoms with Crippen molar-refractivity contribution in [2.24, 2.45) is 0 Å². The standard InChI is InChI=1S/C18H19ClN2O2S/c1-2-8-20-17(22)14-6-5-12(10-15(14)19)21-18(23)16-13(7-9-24-16)11-3-4-11/h5-7,9-11H,2-4,8H2,1H3,(H,20,22)(H,21,23). The van der Waals surface area contributed by atoms with Crippen LogP contribution in [-0.2, 0) is 0 Å². The quantitative estimate of drug-likeness (QED) is 0.784. The van der Waals surface area contributed by atoms with E-state index in [2.05, 4.69) is 10.6 Å². The predicted molar refractivity (Wildman–Crippen MR) is 98.3 cm³/mol. The van der Waals surface area contributed by atoms with Crippen molar-refractivity contribution in [2.75, 3.05) is 11.9 Å². The average molecular weight is 363 g/mol. The molecule has 1 aliphatic carbocycles. The molecule has 126 valence electrons. The van der Waals surface area contributed by atoms with Gasteiger partial charge in [-0.3, -0.25) is 9.59 Å². The van der Waals surface area contributed by atoms with E-state index in [1.165, 1.54) is 11.3 Å². The van der Waals surface area contributed by atoms with E-state index in [0.29, 0.717) is 28.7 Å². The SMILES string of the molecule is CCCNC(=O)c1ccc(NC(=O)c2sccc2C2CC2)cc1Cl. The normalized spacial score (nSPS) is 13.6. The van der Waals surface area contributed by atoms with Gasteiger partial charge in [0, 0.05) is 12.2 Å². The fourth-order valence-corrected chi connectivity index (χ4v) is 3.66. The lowest BCUT2D eigenvalue weighted by atomic mass is 10.1. The molecule has 2 aromatic rings. The predicted octanol–water partition coefficient (Wildman–Crippen LogP) is 4.67. The Morgan fingerprint density at radius 2 is 2.04 bits per heavy atom. The van der Waals surface area contributed by atoms with Crippen LogP contribution in [0.2, 0.25) is 5.02 Å². The minimum Gasteiger partial charge on any atom is -0.352 e. The molecular formula is C18H19ClN2O2S. The van der Waals surface area contributed by atoms with Gasteiger partial charge in [-0.1, -0.05) is 18.5 Å². The number of hydrogen-bond donors (Lipinski definition) is 2. The maximum Gasteiger partial charge on any atom is 0.266 e. The molecule has 0 atom stereocenters. The first-order valence-corrected chi connectivity index (χ1v) is 9.32. The minimum absolute atomic E-state index is 0.119. The van der Waals surface area contributed by atoms with E-state index in [0.717, 1.165) is 29.7 Å². The van der Waals surface area contributed by atoms with E-state index in [4.69, 9.17) is 11.6 Å². The zero-order valence-electron chi connectivity index (χ0n) is 13.4. The van der Waals surface area contributed by atoms with Gasteiger partial charge >= 0.3 is 0 Å². The summed E-state index contributed by atoms with van der Waals surface area (Å²) >= 11 is 7.65. The van der Waals surface area contributed by atoms with E-state index in [-0.39, 0.29) is 11.8 Å². The number of benzene rings is 1. The Morgan fingerprint density at radius 1 is 1.25 bits per heavy atom. The highest BCUT2D eigenvalue weighted by Gasteiger charge is 2.29. The van der Waals surface area contributed by atoms with Crippen molar-refractivity contribution in [3.63, 3.8) is 0 Å². The van der Waals surface area contributed by atoms with E-state index in [9.17, 15) is 9.59 Å². The van der Waals surface area contributed by atoms with Crippen LogP contribution in [0.1, 0.15) is 57.7 Å². The summed E-state index contributed by atoms with van der Waals surface area (Å²) in [6, 6.07) is 6.99. The van der Waals surface area contributed by atoms with Crippen molar-refractivity contribution >= 4 is 40.4 Å². The van der Waals surface area contributed by atoms with Gasteiger partial charge in [0.05, 0.1) is 15.5 Å². The first-order valence-electron chi connectivity index (χ1n) is 8.06. The zero-order valence-corrected chi connectivity index (χ0v) is 15.0. The Hall–Kier alpha value is -1.85. The second-order valence-corrected chi connectivity index (χ2v) is 7.21. The average Bonchev–Trinajstić information content (AvgIpc) is 3.29. The lowest BCUT2D eigenvalue weighted by Gasteiger charge is -2.09. The molecule has 2 N–H and O–H groups in total. The molecule has 1 heterocycles. The van der Waals surface area contributed by atoms with Crippen molar-refractivity contribution in [3.8, 4) is 0 Å². The van der Waals surface area contributed by atoms with Gasteiger partial charge in [-0.05, 0) is 60.4 Å². The molecule has 1 fully saturated rings. The number of anilines is 1. The molecule has 1 aromatic carbocycles. The molecule has 4 nitrogen and oxygen atoms in total. The Bertz CT molecular complexity index is 768. The van der Waals surface area contributed by atoms with Gasteiger partial charge in [0.1, 0.15) is 0 Å². The summed E-state index contributed by atoms with van der Waals surface area (Å²) in [5.74, 6) is 0.213. The highest BCUT2D eigenvalue weighted by Crippen LogP contribution is 2.43. The molecule has 0 unspecified atom stereocenters. The third-order valence-electron chi connectivity index (χ3n) is 3.93. The van der Waals surface area contributed by atoms with Crippen LogP contribution < -0.4 is 10.6 Å². The molecular weight excluding hydrogens is 344 g/mol. The minimum atomic E-state index is -0.200. The summed E-state index contributed by atoms with van der Waals surface area (Å²) in [7, 11) is 0. The van der Waals surface area contributed by atoms with Gasteiger partial charge in [-0.15, -0.1) is 11.3 Å². The highest BCUT2D eigenvalue weighted by atomic mass is 35.5. The molecule has 6 heteroatoms. The summed E-state index contributed by atoms with van der Waals surface area (Å²) in [5.41, 5.74) is 2.14. The van der Waals surface area contributed by atoms with E-state index in [1.807, 2.05) is 18.4 Å². The molecule has 0 saturated heterocycles. The number of carbonyl (C=O) groups is 2. The Morgan fingerprint density at radius 3 is 2.71 bits per heavy atom. The Balaban J connectivity index is 1.71. The largest absolute Gasteiger partial charge is 0.352 e. The van der Waals surface area contributed by atoms with E-state index in [1.54, 1.807) is 18.2 Å². The van der Waals surface area contributed by atoms with Crippen molar-refractivity contribution in [1.29, 1.82) is 0 Å². The number of nitrogens with one attached hydrogen (secondary N) is 2. The van der Waals surface area contributed by atoms with Crippen LogP contribution in [0.3, 0.4) is 0 Å². The van der Waals surface area contributed by atoms with Crippen molar-refractivity contribution < 1.29 is 9.59 Å². The van der Waals surface area contributed by atoms with Crippen molar-refractivity contribution in [3.05, 3.63) is 50.7 Å². The second-order valence-electron chi connectivity index (χ2n) is 5.88. The molecule has 24 heavy (non-hydrogen) atoms. The van der Waals surface area contributed by atoms with Crippen LogP contribution >= 0.6 is 22.9 Å². The monoisotopic (exact) mass is 362 g/mol. The summed E-state index contributed by atoms with van der Waals surface area (Å²) < 4.78 is 0. The summed E-state index contributed by atoms with van der Waals surface area (Å²) in [6.07, 6.45) is 3.18. The van der Waals surface area contributed by atoms with Gasteiger partial charge in [0.2, 0.25) is 0 Å². The maximum atomic E-state index is 12.5. The zero-order chi connectivity index (χ0) is 17.1. The number of amides is 2. The Labute approximate surface area is 150 Å². The van der Waals surface area contributed by atoms with Crippen LogP contribution in [0.25, 0.3) is 0 Å². The smallest absolute Gasteiger partial charge is 0.266 e. The molecule has 3 rings (SSSR count). The number of hydrogen-bond acceptors (Lipinski definition) is 3. The third kappa shape index (κ3) is 3.79. The summed E-state index contributed by atoms with van der Waals surface area (Å²) in [6.45, 7) is 2.59. The number of halogens is 1. The van der Waals surface area contributed by atoms with Gasteiger partial charge in [-0.2, -0.15) is 0 Å². The van der Waals surface area contributed by atoms with E-state index < -0.39 is 0 Å². The summed E-state index contributed by atoms with van der Waals surface area (Å²) in [5, 5.41) is 7.95. The van der Waals surface area contributed by atoms with Crippen LogP contribution in [0.5, 0.6) is 0 Å². The van der Waals surface area contributed by atoms with E-state index >= 15 is 0 Å². The van der Waals surface area contributed by atoms with Gasteiger partial charge in [-0.25, -0.2) is 0 Å². The number of carbonyl (C=O) groups excluding carboxylic acids is 2. The fourth-order valence-electron chi connectivity index (χ4n) is 2.52. The van der Waals surface area contributed by atoms with Crippen LogP contribution in [-0.4, -0.2) is 18.4 Å². The topological polar surface area (TPSA) is 58.2 Å². The molecule has 1 aliphatic rings. The van der Waals surface area contributed by atoms with Crippen LogP contribution in [0.15, 0.2) is 29.6 Å². The third-order valence-corrected chi connectivity index (χ3v) is 5.17. The van der Waals surface area contributed by atoms with Crippen molar-refractivity contribution in [1.82, 2.24) is 5.32 Å². The first kappa shape index (κ1) is 17.0. The molecule has 1 aromatic heterocycles. The lowest BCUT2D eigenvalue weighted by molar-refractivity contribution is 0.0953. The highest BCUT2D eigenvalue weighted by molar-refractivity contribution is 7.12. The lowest BCUT2D eigenvalue weighted by Crippen LogP contribution is -2.24. The van der Waals surface area contributed by atoms with Gasteiger partial charge in [0.15, 0.2) is 0 Å². The summed E-state index contributed by atoms with van der Waals surface area (Å²) in [4.78, 5) is 25.2. The van der Waals surface area contributed by atoms with Crippen LogP contribution in [0, 0.1) is 0 Å². The van der Waals surface area contributed by atoms with Gasteiger partial charge in [0.25, 0.3) is 11.8 Å². The van der Waals surface area contributed by atoms with Crippen LogP contribution in [0.4, 0.5) is 5.69 Å². The molecule has 2 amide bonds.